The number of benzene rings is 1. The Morgan fingerprint density at radius 3 is 2.21 bits per heavy atom. The molecular formula is C13H12ClNO4. The Morgan fingerprint density at radius 2 is 1.74 bits per heavy atom. The van der Waals surface area contributed by atoms with Crippen molar-refractivity contribution >= 4 is 29.4 Å². The summed E-state index contributed by atoms with van der Waals surface area (Å²) in [5.41, 5.74) is 0.593. The average molecular weight is 282 g/mol. The van der Waals surface area contributed by atoms with Crippen molar-refractivity contribution in [1.29, 1.82) is 0 Å². The Morgan fingerprint density at radius 1 is 1.21 bits per heavy atom. The zero-order chi connectivity index (χ0) is 14.0. The zero-order valence-electron chi connectivity index (χ0n) is 10.0. The van der Waals surface area contributed by atoms with E-state index in [1.165, 1.54) is 0 Å². The van der Waals surface area contributed by atoms with Gasteiger partial charge in [-0.2, -0.15) is 0 Å². The van der Waals surface area contributed by atoms with Crippen LogP contribution in [0.3, 0.4) is 0 Å². The Kier molecular flexibility index (Phi) is 3.85. The molecule has 0 spiro atoms. The van der Waals surface area contributed by atoms with Crippen LogP contribution in [0.2, 0.25) is 5.02 Å². The summed E-state index contributed by atoms with van der Waals surface area (Å²) in [6, 6.07) is 5.72. The van der Waals surface area contributed by atoms with Crippen LogP contribution in [0.25, 0.3) is 0 Å². The van der Waals surface area contributed by atoms with Gasteiger partial charge in [-0.25, -0.2) is 0 Å². The number of aliphatic carboxylic acids is 1. The molecule has 2 rings (SSSR count). The monoisotopic (exact) mass is 281 g/mol. The molecule has 1 heterocycles. The highest BCUT2D eigenvalue weighted by Crippen LogP contribution is 2.30. The van der Waals surface area contributed by atoms with Gasteiger partial charge in [0.05, 0.1) is 12.5 Å². The molecule has 0 saturated carbocycles. The van der Waals surface area contributed by atoms with Gasteiger partial charge in [-0.15, -0.1) is 0 Å². The van der Waals surface area contributed by atoms with Gasteiger partial charge in [0.1, 0.15) is 0 Å². The van der Waals surface area contributed by atoms with Crippen LogP contribution in [-0.2, 0) is 14.4 Å². The lowest BCUT2D eigenvalue weighted by molar-refractivity contribution is -0.144. The lowest BCUT2D eigenvalue weighted by Crippen LogP contribution is -2.34. The highest BCUT2D eigenvalue weighted by atomic mass is 35.5. The number of carbonyl (C=O) groups is 3. The van der Waals surface area contributed by atoms with Gasteiger partial charge in [0.25, 0.3) is 0 Å². The minimum absolute atomic E-state index is 0.141. The number of carbonyl (C=O) groups excluding carboxylic acids is 2. The fourth-order valence-corrected chi connectivity index (χ4v) is 2.28. The maximum atomic E-state index is 11.7. The first-order valence-corrected chi connectivity index (χ1v) is 6.19. The molecule has 1 atom stereocenters. The number of likely N-dealkylation sites (tertiary alicyclic amines) is 1. The van der Waals surface area contributed by atoms with Crippen LogP contribution >= 0.6 is 11.6 Å². The summed E-state index contributed by atoms with van der Waals surface area (Å²) in [6.07, 6.45) is -0.0236. The van der Waals surface area contributed by atoms with Gasteiger partial charge < -0.3 is 5.11 Å². The second-order valence-corrected chi connectivity index (χ2v) is 4.76. The van der Waals surface area contributed by atoms with Crippen molar-refractivity contribution in [2.45, 2.75) is 25.3 Å². The quantitative estimate of drug-likeness (QED) is 0.857. The molecule has 1 aliphatic heterocycles. The van der Waals surface area contributed by atoms with Crippen LogP contribution in [0, 0.1) is 0 Å². The van der Waals surface area contributed by atoms with Crippen molar-refractivity contribution in [2.75, 3.05) is 0 Å². The fourth-order valence-electron chi connectivity index (χ4n) is 2.15. The topological polar surface area (TPSA) is 74.7 Å². The third kappa shape index (κ3) is 2.93. The highest BCUT2D eigenvalue weighted by Gasteiger charge is 2.36. The second kappa shape index (κ2) is 5.40. The van der Waals surface area contributed by atoms with Crippen LogP contribution in [0.15, 0.2) is 24.3 Å². The van der Waals surface area contributed by atoms with Crippen molar-refractivity contribution in [3.63, 3.8) is 0 Å². The van der Waals surface area contributed by atoms with Crippen molar-refractivity contribution in [2.24, 2.45) is 0 Å². The predicted octanol–water partition coefficient (Wildman–Crippen LogP) is 2.00. The summed E-state index contributed by atoms with van der Waals surface area (Å²) in [6.45, 7) is 0. The van der Waals surface area contributed by atoms with Gasteiger partial charge in [0.2, 0.25) is 11.8 Å². The normalized spacial score (nSPS) is 16.8. The van der Waals surface area contributed by atoms with Crippen LogP contribution < -0.4 is 0 Å². The maximum Gasteiger partial charge on any atom is 0.305 e. The molecule has 0 aromatic heterocycles. The molecule has 0 bridgehead atoms. The minimum Gasteiger partial charge on any atom is -0.481 e. The van der Waals surface area contributed by atoms with Crippen LogP contribution in [0.1, 0.15) is 30.9 Å². The SMILES string of the molecule is O=C(O)C[C@H](c1ccc(Cl)cc1)N1C(=O)CCC1=O. The molecule has 19 heavy (non-hydrogen) atoms. The number of nitrogens with zero attached hydrogens (tertiary/aromatic N) is 1. The largest absolute Gasteiger partial charge is 0.481 e. The smallest absolute Gasteiger partial charge is 0.305 e. The third-order valence-corrected chi connectivity index (χ3v) is 3.28. The molecule has 0 radical (unpaired) electrons. The third-order valence-electron chi connectivity index (χ3n) is 3.02. The van der Waals surface area contributed by atoms with Gasteiger partial charge in [0.15, 0.2) is 0 Å². The van der Waals surface area contributed by atoms with E-state index in [0.717, 1.165) is 4.90 Å². The van der Waals surface area contributed by atoms with Crippen LogP contribution in [0.4, 0.5) is 0 Å². The van der Waals surface area contributed by atoms with E-state index in [0.29, 0.717) is 10.6 Å². The first kappa shape index (κ1) is 13.5. The first-order valence-electron chi connectivity index (χ1n) is 5.81. The molecule has 0 aliphatic carbocycles. The van der Waals surface area contributed by atoms with Crippen LogP contribution in [0.5, 0.6) is 0 Å². The van der Waals surface area contributed by atoms with Crippen molar-refractivity contribution in [3.05, 3.63) is 34.9 Å². The summed E-state index contributed by atoms with van der Waals surface area (Å²) in [5.74, 6) is -1.72. The Balaban J connectivity index is 2.35. The molecule has 1 aromatic carbocycles. The van der Waals surface area contributed by atoms with Crippen molar-refractivity contribution in [3.8, 4) is 0 Å². The van der Waals surface area contributed by atoms with E-state index in [1.54, 1.807) is 24.3 Å². The van der Waals surface area contributed by atoms with E-state index in [4.69, 9.17) is 16.7 Å². The number of hydrogen-bond donors (Lipinski definition) is 1. The Bertz CT molecular complexity index is 510. The number of imide groups is 1. The van der Waals surface area contributed by atoms with E-state index < -0.39 is 12.0 Å². The van der Waals surface area contributed by atoms with E-state index in [9.17, 15) is 14.4 Å². The molecule has 1 aromatic rings. The molecule has 1 saturated heterocycles. The molecule has 2 amide bonds. The zero-order valence-corrected chi connectivity index (χ0v) is 10.8. The standard InChI is InChI=1S/C13H12ClNO4/c14-9-3-1-8(2-4-9)10(7-13(18)19)15-11(16)5-6-12(15)17/h1-4,10H,5-7H2,(H,18,19)/t10-/m1/s1. The van der Waals surface area contributed by atoms with Gasteiger partial charge >= 0.3 is 5.97 Å². The molecule has 1 N–H and O–H groups in total. The van der Waals surface area contributed by atoms with Gasteiger partial charge in [-0.1, -0.05) is 23.7 Å². The molecular weight excluding hydrogens is 270 g/mol. The van der Waals surface area contributed by atoms with Crippen molar-refractivity contribution in [1.82, 2.24) is 4.90 Å². The molecule has 6 heteroatoms. The van der Waals surface area contributed by atoms with Gasteiger partial charge in [-0.05, 0) is 17.7 Å². The van der Waals surface area contributed by atoms with E-state index in [2.05, 4.69) is 0 Å². The summed E-state index contributed by atoms with van der Waals surface area (Å²) < 4.78 is 0. The number of carboxylic acid groups (broad SMARTS) is 1. The molecule has 5 nitrogen and oxygen atoms in total. The predicted molar refractivity (Wildman–Crippen MR) is 67.5 cm³/mol. The number of carboxylic acids is 1. The number of hydrogen-bond acceptors (Lipinski definition) is 3. The summed E-state index contributed by atoms with van der Waals surface area (Å²) in [5, 5.41) is 9.47. The van der Waals surface area contributed by atoms with E-state index >= 15 is 0 Å². The average Bonchev–Trinajstić information content (AvgIpc) is 2.67. The summed E-state index contributed by atoms with van der Waals surface area (Å²) in [7, 11) is 0. The fraction of sp³-hybridized carbons (Fsp3) is 0.308. The first-order chi connectivity index (χ1) is 8.99. The number of halogens is 1. The van der Waals surface area contributed by atoms with E-state index in [1.807, 2.05) is 0 Å². The van der Waals surface area contributed by atoms with Gasteiger partial charge in [-0.3, -0.25) is 19.3 Å². The van der Waals surface area contributed by atoms with Gasteiger partial charge in [0, 0.05) is 17.9 Å². The minimum atomic E-state index is -1.06. The maximum absolute atomic E-state index is 11.7. The second-order valence-electron chi connectivity index (χ2n) is 4.32. The molecule has 100 valence electrons. The summed E-state index contributed by atoms with van der Waals surface area (Å²) in [4.78, 5) is 35.5. The molecule has 0 unspecified atom stereocenters. The number of amides is 2. The Labute approximate surface area is 114 Å². The van der Waals surface area contributed by atoms with Crippen LogP contribution in [-0.4, -0.2) is 27.8 Å². The van der Waals surface area contributed by atoms with Crippen molar-refractivity contribution < 1.29 is 19.5 Å². The van der Waals surface area contributed by atoms with E-state index in [-0.39, 0.29) is 31.1 Å². The Hall–Kier alpha value is -1.88. The molecule has 1 fully saturated rings. The molecule has 1 aliphatic rings. The lowest BCUT2D eigenvalue weighted by atomic mass is 10.0. The number of rotatable bonds is 4. The summed E-state index contributed by atoms with van der Waals surface area (Å²) >= 11 is 5.78. The lowest BCUT2D eigenvalue weighted by Gasteiger charge is -2.25. The highest BCUT2D eigenvalue weighted by molar-refractivity contribution is 6.30.